The van der Waals surface area contributed by atoms with E-state index in [9.17, 15) is 52.7 Å². The molecule has 0 atom stereocenters. The van der Waals surface area contributed by atoms with Crippen LogP contribution in [0.3, 0.4) is 0 Å². The van der Waals surface area contributed by atoms with Crippen molar-refractivity contribution in [1.29, 1.82) is 0 Å². The molecule has 0 aliphatic carbocycles. The van der Waals surface area contributed by atoms with Crippen LogP contribution in [0.2, 0.25) is 0 Å². The van der Waals surface area contributed by atoms with E-state index in [4.69, 9.17) is 15.0 Å². The van der Waals surface area contributed by atoms with E-state index in [1.54, 1.807) is 60.9 Å². The summed E-state index contributed by atoms with van der Waals surface area (Å²) in [5.41, 5.74) is 0.975. The molecule has 0 radical (unpaired) electrons. The number of alkyl halides is 12. The summed E-state index contributed by atoms with van der Waals surface area (Å²) in [5, 5.41) is 2.15. The van der Waals surface area contributed by atoms with E-state index < -0.39 is 47.0 Å². The molecule has 90 heavy (non-hydrogen) atoms. The van der Waals surface area contributed by atoms with Gasteiger partial charge in [-0.25, -0.2) is 15.0 Å². The molecule has 0 aliphatic rings. The van der Waals surface area contributed by atoms with Gasteiger partial charge in [0.25, 0.3) is 0 Å². The van der Waals surface area contributed by atoms with Crippen LogP contribution in [0.15, 0.2) is 243 Å². The zero-order valence-electron chi connectivity index (χ0n) is 46.3. The highest BCUT2D eigenvalue weighted by molar-refractivity contribution is 6.14. The monoisotopic (exact) mass is 1220 g/mol. The molecule has 0 bridgehead atoms. The maximum atomic E-state index is 14.4. The van der Waals surface area contributed by atoms with Gasteiger partial charge in [-0.15, -0.1) is 0 Å². The lowest BCUT2D eigenvalue weighted by Gasteiger charge is -2.24. The fourth-order valence-electron chi connectivity index (χ4n) is 11.9. The van der Waals surface area contributed by atoms with Gasteiger partial charge >= 0.3 is 24.7 Å². The second kappa shape index (κ2) is 21.5. The lowest BCUT2D eigenvalue weighted by Crippen LogP contribution is -2.11. The van der Waals surface area contributed by atoms with E-state index in [2.05, 4.69) is 4.98 Å². The summed E-state index contributed by atoms with van der Waals surface area (Å²) in [6.45, 7) is 0. The molecular formula is C72H40F12N6. The molecule has 0 spiro atoms. The van der Waals surface area contributed by atoms with Gasteiger partial charge in [-0.1, -0.05) is 140 Å². The lowest BCUT2D eigenvalue weighted by molar-refractivity contribution is -0.144. The van der Waals surface area contributed by atoms with E-state index in [0.29, 0.717) is 130 Å². The molecule has 0 saturated heterocycles. The number of hydrogen-bond acceptors (Lipinski definition) is 4. The van der Waals surface area contributed by atoms with Crippen molar-refractivity contribution in [3.63, 3.8) is 0 Å². The molecule has 0 aliphatic heterocycles. The van der Waals surface area contributed by atoms with Crippen molar-refractivity contribution >= 4 is 43.6 Å². The van der Waals surface area contributed by atoms with E-state index in [1.807, 2.05) is 143 Å². The van der Waals surface area contributed by atoms with E-state index >= 15 is 0 Å². The topological polar surface area (TPSA) is 61.4 Å². The fourth-order valence-corrected chi connectivity index (χ4v) is 11.9. The zero-order chi connectivity index (χ0) is 62.4. The molecule has 0 amide bonds. The van der Waals surface area contributed by atoms with Gasteiger partial charge in [-0.2, -0.15) is 52.7 Å². The molecule has 0 fully saturated rings. The Bertz CT molecular complexity index is 5000. The molecule has 4 heterocycles. The van der Waals surface area contributed by atoms with Crippen LogP contribution >= 0.6 is 0 Å². The highest BCUT2D eigenvalue weighted by Crippen LogP contribution is 2.50. The highest BCUT2D eigenvalue weighted by Gasteiger charge is 2.39. The summed E-state index contributed by atoms with van der Waals surface area (Å²) >= 11 is 0. The molecule has 0 unspecified atom stereocenters. The van der Waals surface area contributed by atoms with Crippen molar-refractivity contribution in [2.45, 2.75) is 24.7 Å². The number of fused-ring (bicyclic) bond motifs is 6. The van der Waals surface area contributed by atoms with Crippen molar-refractivity contribution < 1.29 is 52.7 Å². The van der Waals surface area contributed by atoms with Gasteiger partial charge in [-0.3, -0.25) is 4.98 Å². The first kappa shape index (κ1) is 56.9. The van der Waals surface area contributed by atoms with Crippen LogP contribution < -0.4 is 0 Å². The van der Waals surface area contributed by atoms with Gasteiger partial charge in [0.1, 0.15) is 0 Å². The lowest BCUT2D eigenvalue weighted by atomic mass is 9.88. The number of halogens is 12. The minimum Gasteiger partial charge on any atom is -0.309 e. The molecule has 442 valence electrons. The van der Waals surface area contributed by atoms with Gasteiger partial charge in [0.15, 0.2) is 17.5 Å². The smallest absolute Gasteiger partial charge is 0.309 e. The summed E-state index contributed by atoms with van der Waals surface area (Å²) in [7, 11) is 0. The summed E-state index contributed by atoms with van der Waals surface area (Å²) < 4.78 is 176. The second-order valence-electron chi connectivity index (χ2n) is 21.4. The molecular weight excluding hydrogens is 1180 g/mol. The van der Waals surface area contributed by atoms with Crippen LogP contribution in [0, 0.1) is 0 Å². The van der Waals surface area contributed by atoms with Gasteiger partial charge < -0.3 is 9.13 Å². The van der Waals surface area contributed by atoms with Crippen LogP contribution in [0.25, 0.3) is 134 Å². The number of aromatic nitrogens is 6. The van der Waals surface area contributed by atoms with Crippen LogP contribution in [0.1, 0.15) is 22.3 Å². The average Bonchev–Trinajstić information content (AvgIpc) is 1.48. The Labute approximate surface area is 503 Å². The summed E-state index contributed by atoms with van der Waals surface area (Å²) in [6, 6.07) is 60.3. The summed E-state index contributed by atoms with van der Waals surface area (Å²) in [5.74, 6) is 0.863. The van der Waals surface area contributed by atoms with Gasteiger partial charge in [-0.05, 0) is 119 Å². The first-order valence-corrected chi connectivity index (χ1v) is 27.9. The van der Waals surface area contributed by atoms with Crippen LogP contribution in [-0.2, 0) is 24.7 Å². The second-order valence-corrected chi connectivity index (χ2v) is 21.4. The van der Waals surface area contributed by atoms with Crippen LogP contribution in [0.5, 0.6) is 0 Å². The van der Waals surface area contributed by atoms with Crippen molar-refractivity contribution in [2.24, 2.45) is 0 Å². The third-order valence-electron chi connectivity index (χ3n) is 15.9. The first-order chi connectivity index (χ1) is 43.2. The molecule has 14 aromatic rings. The third kappa shape index (κ3) is 10.2. The third-order valence-corrected chi connectivity index (χ3v) is 15.9. The van der Waals surface area contributed by atoms with Gasteiger partial charge in [0, 0.05) is 67.3 Å². The predicted octanol–water partition coefficient (Wildman–Crippen LogP) is 21.2. The number of benzene rings is 10. The Morgan fingerprint density at radius 3 is 1.07 bits per heavy atom. The Kier molecular flexibility index (Phi) is 13.6. The van der Waals surface area contributed by atoms with Crippen molar-refractivity contribution in [3.8, 4) is 90.0 Å². The van der Waals surface area contributed by atoms with Crippen molar-refractivity contribution in [2.75, 3.05) is 0 Å². The van der Waals surface area contributed by atoms with E-state index in [0.717, 1.165) is 0 Å². The number of nitrogens with zero attached hydrogens (tertiary/aromatic N) is 6. The molecule has 4 aromatic heterocycles. The number of para-hydroxylation sites is 2. The van der Waals surface area contributed by atoms with E-state index in [1.165, 1.54) is 12.1 Å². The highest BCUT2D eigenvalue weighted by atomic mass is 19.4. The largest absolute Gasteiger partial charge is 0.416 e. The number of pyridine rings is 1. The Morgan fingerprint density at radius 2 is 0.644 bits per heavy atom. The summed E-state index contributed by atoms with van der Waals surface area (Å²) in [4.78, 5) is 20.1. The molecule has 0 N–H and O–H groups in total. The van der Waals surface area contributed by atoms with Gasteiger partial charge in [0.05, 0.1) is 55.7 Å². The van der Waals surface area contributed by atoms with E-state index in [-0.39, 0.29) is 40.2 Å². The van der Waals surface area contributed by atoms with Crippen LogP contribution in [-0.4, -0.2) is 29.1 Å². The number of rotatable bonds is 9. The Hall–Kier alpha value is -10.9. The fraction of sp³-hybridized carbons (Fsp3) is 0.0556. The normalized spacial score (nSPS) is 12.4. The maximum Gasteiger partial charge on any atom is 0.416 e. The Morgan fingerprint density at radius 1 is 0.267 bits per heavy atom. The minimum absolute atomic E-state index is 0.0793. The summed E-state index contributed by atoms with van der Waals surface area (Å²) in [6.07, 6.45) is -17.1. The average molecular weight is 1220 g/mol. The van der Waals surface area contributed by atoms with Crippen LogP contribution in [0.4, 0.5) is 52.7 Å². The minimum atomic E-state index is -5.11. The molecule has 10 aromatic carbocycles. The predicted molar refractivity (Wildman–Crippen MR) is 324 cm³/mol. The molecule has 0 saturated carbocycles. The zero-order valence-corrected chi connectivity index (χ0v) is 46.3. The van der Waals surface area contributed by atoms with Crippen molar-refractivity contribution in [1.82, 2.24) is 29.1 Å². The SMILES string of the molecule is FC(F)(F)c1cc(-c2ccc3c(c2)c2ccccc2n3-c2cccc(-c3cccnc3)c2-c2c(-c3nc(-c4ccccc4)nc(-c4ccccc4)n3)cccc2-n2c3ccccc3c3cc(-c4cc(C(F)(F)F)cc(C(F)(F)F)c4)ccc32)cc(C(F)(F)F)c1. The molecule has 18 heteroatoms. The standard InChI is InChI=1S/C72H40F12N6/c73-69(74,75)48-32-46(33-49(38-48)70(76,77)78)43-27-29-60-56(36-43)53-19-7-9-23-58(53)89(60)62-25-11-21-52(45-18-13-31-85-40-45)64(62)65-55(68-87-66(41-14-3-1-4-15-41)86-67(88-68)42-16-5-2-6-17-42)22-12-26-63(65)90-59-24-10-8-20-54(59)57-37-44(28-30-61(57)90)47-34-50(71(79,80)81)39-51(35-47)72(82,83)84/h1-40H. The molecule has 14 rings (SSSR count). The molecule has 6 nitrogen and oxygen atoms in total. The Balaban J connectivity index is 1.10. The number of hydrogen-bond donors (Lipinski definition) is 0. The van der Waals surface area contributed by atoms with Crippen molar-refractivity contribution in [3.05, 3.63) is 265 Å². The maximum absolute atomic E-state index is 14.4. The quantitative estimate of drug-likeness (QED) is 0.135. The first-order valence-electron chi connectivity index (χ1n) is 27.9. The van der Waals surface area contributed by atoms with Gasteiger partial charge in [0.2, 0.25) is 0 Å².